The highest BCUT2D eigenvalue weighted by Gasteiger charge is 2.50. The van der Waals surface area contributed by atoms with Gasteiger partial charge in [0.25, 0.3) is 0 Å². The summed E-state index contributed by atoms with van der Waals surface area (Å²) in [6, 6.07) is 0.383. The molecule has 3 heterocycles. The van der Waals surface area contributed by atoms with Crippen molar-refractivity contribution in [2.45, 2.75) is 59.9 Å². The predicted octanol–water partition coefficient (Wildman–Crippen LogP) is 4.15. The first kappa shape index (κ1) is 17.7. The van der Waals surface area contributed by atoms with Gasteiger partial charge >= 0.3 is 0 Å². The van der Waals surface area contributed by atoms with Crippen LogP contribution < -0.4 is 5.32 Å². The number of anilines is 1. The molecule has 26 heavy (non-hydrogen) atoms. The molecular formula is C20H28N4OS. The van der Waals surface area contributed by atoms with Crippen LogP contribution in [0.25, 0.3) is 10.2 Å². The number of aromatic nitrogens is 2. The van der Waals surface area contributed by atoms with Gasteiger partial charge in [0, 0.05) is 17.5 Å². The fourth-order valence-electron chi connectivity index (χ4n) is 5.33. The zero-order valence-electron chi connectivity index (χ0n) is 16.3. The maximum absolute atomic E-state index is 13.0. The second kappa shape index (κ2) is 5.91. The molecular weight excluding hydrogens is 344 g/mol. The third-order valence-corrected chi connectivity index (χ3v) is 7.22. The normalized spacial score (nSPS) is 27.1. The lowest BCUT2D eigenvalue weighted by Crippen LogP contribution is -2.40. The zero-order valence-corrected chi connectivity index (χ0v) is 17.2. The first-order valence-corrected chi connectivity index (χ1v) is 10.2. The number of fused-ring (bicyclic) bond motifs is 3. The van der Waals surface area contributed by atoms with Crippen LogP contribution in [-0.2, 0) is 4.79 Å². The molecule has 1 amide bonds. The summed E-state index contributed by atoms with van der Waals surface area (Å²) in [5.41, 5.74) is 1.79. The van der Waals surface area contributed by atoms with Gasteiger partial charge in [0.05, 0.1) is 11.9 Å². The molecule has 2 aromatic heterocycles. The summed E-state index contributed by atoms with van der Waals surface area (Å²) in [6.07, 6.45) is 5.03. The Kier molecular flexibility index (Phi) is 4.03. The van der Waals surface area contributed by atoms with Gasteiger partial charge in [0.1, 0.15) is 17.0 Å². The van der Waals surface area contributed by atoms with Gasteiger partial charge in [-0.3, -0.25) is 4.79 Å². The zero-order chi connectivity index (χ0) is 18.7. The second-order valence-electron chi connectivity index (χ2n) is 9.27. The van der Waals surface area contributed by atoms with E-state index in [1.807, 2.05) is 0 Å². The van der Waals surface area contributed by atoms with Crippen LogP contribution in [0.4, 0.5) is 5.82 Å². The minimum atomic E-state index is 0.188. The van der Waals surface area contributed by atoms with E-state index in [0.717, 1.165) is 35.4 Å². The van der Waals surface area contributed by atoms with Gasteiger partial charge in [0.2, 0.25) is 5.91 Å². The van der Waals surface area contributed by atoms with Crippen LogP contribution in [0.1, 0.15) is 50.5 Å². The third-order valence-electron chi connectivity index (χ3n) is 6.11. The van der Waals surface area contributed by atoms with Crippen LogP contribution in [0.2, 0.25) is 0 Å². The molecule has 2 aliphatic rings. The van der Waals surface area contributed by atoms with Gasteiger partial charge in [-0.05, 0) is 49.5 Å². The van der Waals surface area contributed by atoms with Crippen LogP contribution in [-0.4, -0.2) is 39.9 Å². The summed E-state index contributed by atoms with van der Waals surface area (Å²) >= 11 is 1.68. The minimum absolute atomic E-state index is 0.188. The summed E-state index contributed by atoms with van der Waals surface area (Å²) < 4.78 is 0. The highest BCUT2D eigenvalue weighted by Crippen LogP contribution is 2.52. The average Bonchev–Trinajstić information content (AvgIpc) is 2.97. The number of carbonyl (C=O) groups excluding carboxylic acids is 1. The number of amides is 1. The van der Waals surface area contributed by atoms with Gasteiger partial charge in [-0.2, -0.15) is 0 Å². The lowest BCUT2D eigenvalue weighted by atomic mass is 9.65. The molecule has 2 fully saturated rings. The molecule has 5 nitrogen and oxygen atoms in total. The molecule has 0 aromatic carbocycles. The van der Waals surface area contributed by atoms with Crippen molar-refractivity contribution >= 4 is 33.3 Å². The van der Waals surface area contributed by atoms with Gasteiger partial charge in [-0.1, -0.05) is 20.8 Å². The van der Waals surface area contributed by atoms with Crippen molar-refractivity contribution in [3.8, 4) is 0 Å². The highest BCUT2D eigenvalue weighted by atomic mass is 32.1. The number of nitrogens with zero attached hydrogens (tertiary/aromatic N) is 3. The Morgan fingerprint density at radius 3 is 2.85 bits per heavy atom. The van der Waals surface area contributed by atoms with E-state index < -0.39 is 0 Å². The van der Waals surface area contributed by atoms with E-state index >= 15 is 0 Å². The van der Waals surface area contributed by atoms with E-state index in [-0.39, 0.29) is 11.3 Å². The van der Waals surface area contributed by atoms with Crippen molar-refractivity contribution in [3.05, 3.63) is 16.8 Å². The minimum Gasteiger partial charge on any atom is -0.360 e. The Hall–Kier alpha value is -1.69. The maximum atomic E-state index is 13.0. The molecule has 2 atom stereocenters. The Morgan fingerprint density at radius 1 is 1.31 bits per heavy atom. The van der Waals surface area contributed by atoms with Crippen LogP contribution >= 0.6 is 11.3 Å². The molecule has 6 heteroatoms. The Labute approximate surface area is 159 Å². The van der Waals surface area contributed by atoms with E-state index in [1.165, 1.54) is 16.9 Å². The molecule has 0 spiro atoms. The third kappa shape index (κ3) is 2.98. The van der Waals surface area contributed by atoms with Crippen molar-refractivity contribution < 1.29 is 4.79 Å². The maximum Gasteiger partial charge on any atom is 0.242 e. The molecule has 140 valence electrons. The quantitative estimate of drug-likeness (QED) is 0.879. The molecule has 4 rings (SSSR count). The average molecular weight is 373 g/mol. The van der Waals surface area contributed by atoms with E-state index in [0.29, 0.717) is 18.0 Å². The van der Waals surface area contributed by atoms with Crippen molar-refractivity contribution in [2.75, 3.05) is 18.4 Å². The number of hydrogen-bond acceptors (Lipinski definition) is 5. The Balaban J connectivity index is 1.50. The summed E-state index contributed by atoms with van der Waals surface area (Å²) in [5.74, 6) is 0.965. The van der Waals surface area contributed by atoms with Crippen LogP contribution in [0, 0.1) is 24.7 Å². The molecule has 0 radical (unpaired) electrons. The number of aryl methyl sites for hydroxylation is 2. The Morgan fingerprint density at radius 2 is 2.08 bits per heavy atom. The summed E-state index contributed by atoms with van der Waals surface area (Å²) in [5, 5.41) is 4.35. The predicted molar refractivity (Wildman–Crippen MR) is 107 cm³/mol. The fourth-order valence-corrected chi connectivity index (χ4v) is 6.33. The topological polar surface area (TPSA) is 58.1 Å². The molecule has 1 aliphatic carbocycles. The molecule has 1 N–H and O–H groups in total. The summed E-state index contributed by atoms with van der Waals surface area (Å²) in [7, 11) is 0. The summed E-state index contributed by atoms with van der Waals surface area (Å²) in [4.78, 5) is 26.1. The Bertz CT molecular complexity index is 874. The molecule has 1 saturated carbocycles. The van der Waals surface area contributed by atoms with Crippen molar-refractivity contribution in [1.82, 2.24) is 14.9 Å². The first-order valence-electron chi connectivity index (χ1n) is 9.42. The number of likely N-dealkylation sites (tertiary alicyclic amines) is 1. The molecule has 1 aliphatic heterocycles. The smallest absolute Gasteiger partial charge is 0.242 e. The SMILES string of the molecule is Cc1sc2ncnc(NCC(=O)N3CC4(C)CC3CC(C)(C)C4)c2c1C. The van der Waals surface area contributed by atoms with E-state index in [1.54, 1.807) is 17.7 Å². The fraction of sp³-hybridized carbons (Fsp3) is 0.650. The van der Waals surface area contributed by atoms with Crippen LogP contribution in [0.5, 0.6) is 0 Å². The molecule has 1 saturated heterocycles. The van der Waals surface area contributed by atoms with Crippen molar-refractivity contribution in [3.63, 3.8) is 0 Å². The van der Waals surface area contributed by atoms with Gasteiger partial charge < -0.3 is 10.2 Å². The van der Waals surface area contributed by atoms with E-state index in [4.69, 9.17) is 0 Å². The number of hydrogen-bond donors (Lipinski definition) is 1. The van der Waals surface area contributed by atoms with Crippen LogP contribution in [0.3, 0.4) is 0 Å². The number of thiophene rings is 1. The first-order chi connectivity index (χ1) is 12.2. The lowest BCUT2D eigenvalue weighted by Gasteiger charge is -2.39. The summed E-state index contributed by atoms with van der Waals surface area (Å²) in [6.45, 7) is 12.4. The standard InChI is InChI=1S/C20H28N4OS/c1-12-13(2)26-18-16(12)17(22-11-23-18)21-8-15(25)24-10-20(5)7-14(24)6-19(3,4)9-20/h11,14H,6-10H2,1-5H3,(H,21,22,23). The molecule has 2 unspecified atom stereocenters. The van der Waals surface area contributed by atoms with Gasteiger partial charge in [-0.15, -0.1) is 11.3 Å². The van der Waals surface area contributed by atoms with Gasteiger partial charge in [0.15, 0.2) is 0 Å². The number of rotatable bonds is 3. The van der Waals surface area contributed by atoms with Crippen LogP contribution in [0.15, 0.2) is 6.33 Å². The van der Waals surface area contributed by atoms with E-state index in [2.05, 4.69) is 54.8 Å². The van der Waals surface area contributed by atoms with Crippen molar-refractivity contribution in [2.24, 2.45) is 10.8 Å². The molecule has 2 aromatic rings. The number of carbonyl (C=O) groups is 1. The number of nitrogens with one attached hydrogen (secondary N) is 1. The van der Waals surface area contributed by atoms with Crippen molar-refractivity contribution in [1.29, 1.82) is 0 Å². The van der Waals surface area contributed by atoms with E-state index in [9.17, 15) is 4.79 Å². The lowest BCUT2D eigenvalue weighted by molar-refractivity contribution is -0.130. The highest BCUT2D eigenvalue weighted by molar-refractivity contribution is 7.18. The second-order valence-corrected chi connectivity index (χ2v) is 10.5. The monoisotopic (exact) mass is 372 g/mol. The largest absolute Gasteiger partial charge is 0.360 e. The van der Waals surface area contributed by atoms with Gasteiger partial charge in [-0.25, -0.2) is 9.97 Å². The molecule has 2 bridgehead atoms.